The van der Waals surface area contributed by atoms with Crippen LogP contribution in [0, 0.1) is 0 Å². The first-order valence-electron chi connectivity index (χ1n) is 30.3. The summed E-state index contributed by atoms with van der Waals surface area (Å²) in [5.74, 6) is -0.509. The predicted molar refractivity (Wildman–Crippen MR) is 296 cm³/mol. The summed E-state index contributed by atoms with van der Waals surface area (Å²) in [4.78, 5) is 12.5. The van der Waals surface area contributed by atoms with Crippen LogP contribution >= 0.6 is 0 Å². The predicted octanol–water partition coefficient (Wildman–Crippen LogP) is 19.0. The molecule has 5 heteroatoms. The van der Waals surface area contributed by atoms with Crippen molar-refractivity contribution in [3.8, 4) is 0 Å². The number of allylic oxidation sites excluding steroid dienone is 5. The molecule has 0 aromatic carbocycles. The van der Waals surface area contributed by atoms with E-state index in [0.29, 0.717) is 6.42 Å². The maximum absolute atomic E-state index is 12.5. The summed E-state index contributed by atoms with van der Waals surface area (Å²) in [6, 6.07) is -0.814. The van der Waals surface area contributed by atoms with Gasteiger partial charge >= 0.3 is 0 Å². The molecule has 0 heterocycles. The van der Waals surface area contributed by atoms with E-state index in [9.17, 15) is 20.1 Å². The molecule has 0 aliphatic heterocycles. The van der Waals surface area contributed by atoms with Crippen LogP contribution in [-0.4, -0.2) is 46.1 Å². The van der Waals surface area contributed by atoms with E-state index >= 15 is 0 Å². The molecular formula is C62H119NO4. The first kappa shape index (κ1) is 65.6. The maximum Gasteiger partial charge on any atom is 0.249 e. The van der Waals surface area contributed by atoms with Gasteiger partial charge in [0.2, 0.25) is 5.91 Å². The Morgan fingerprint density at radius 3 is 0.910 bits per heavy atom. The van der Waals surface area contributed by atoms with Gasteiger partial charge < -0.3 is 20.6 Å². The normalized spacial score (nSPS) is 13.4. The van der Waals surface area contributed by atoms with Gasteiger partial charge in [-0.3, -0.25) is 4.79 Å². The monoisotopic (exact) mass is 942 g/mol. The molecule has 67 heavy (non-hydrogen) atoms. The van der Waals surface area contributed by atoms with Crippen LogP contribution < -0.4 is 5.32 Å². The molecule has 0 rings (SSSR count). The van der Waals surface area contributed by atoms with Crippen LogP contribution in [0.2, 0.25) is 0 Å². The van der Waals surface area contributed by atoms with Gasteiger partial charge in [0.05, 0.1) is 18.8 Å². The van der Waals surface area contributed by atoms with E-state index in [0.717, 1.165) is 38.5 Å². The fourth-order valence-electron chi connectivity index (χ4n) is 9.49. The smallest absolute Gasteiger partial charge is 0.249 e. The van der Waals surface area contributed by atoms with Gasteiger partial charge in [-0.1, -0.05) is 307 Å². The summed E-state index contributed by atoms with van der Waals surface area (Å²) in [6.45, 7) is 4.19. The lowest BCUT2D eigenvalue weighted by Crippen LogP contribution is -2.48. The number of nitrogens with one attached hydrogen (secondary N) is 1. The van der Waals surface area contributed by atoms with Crippen LogP contribution in [0.3, 0.4) is 0 Å². The molecule has 0 radical (unpaired) electrons. The van der Waals surface area contributed by atoms with Crippen molar-refractivity contribution in [3.05, 3.63) is 36.5 Å². The van der Waals surface area contributed by atoms with E-state index in [4.69, 9.17) is 0 Å². The number of rotatable bonds is 56. The molecule has 396 valence electrons. The van der Waals surface area contributed by atoms with Crippen molar-refractivity contribution >= 4 is 5.91 Å². The van der Waals surface area contributed by atoms with E-state index < -0.39 is 24.2 Å². The summed E-state index contributed by atoms with van der Waals surface area (Å²) in [7, 11) is 0. The van der Waals surface area contributed by atoms with E-state index in [1.54, 1.807) is 6.08 Å². The van der Waals surface area contributed by atoms with Gasteiger partial charge in [0.25, 0.3) is 0 Å². The number of aliphatic hydroxyl groups excluding tert-OH is 3. The largest absolute Gasteiger partial charge is 0.394 e. The third-order valence-corrected chi connectivity index (χ3v) is 14.2. The van der Waals surface area contributed by atoms with Crippen molar-refractivity contribution in [2.75, 3.05) is 6.61 Å². The minimum absolute atomic E-state index is 0.374. The zero-order chi connectivity index (χ0) is 48.6. The Kier molecular flexibility index (Phi) is 55.9. The second kappa shape index (κ2) is 57.2. The molecular weight excluding hydrogens is 823 g/mol. The second-order valence-electron chi connectivity index (χ2n) is 20.9. The Morgan fingerprint density at radius 2 is 0.612 bits per heavy atom. The second-order valence-corrected chi connectivity index (χ2v) is 20.9. The number of hydrogen-bond donors (Lipinski definition) is 4. The number of amides is 1. The molecule has 1 amide bonds. The zero-order valence-corrected chi connectivity index (χ0v) is 45.3. The van der Waals surface area contributed by atoms with Gasteiger partial charge in [0.1, 0.15) is 6.10 Å². The van der Waals surface area contributed by atoms with E-state index in [1.165, 1.54) is 270 Å². The highest BCUT2D eigenvalue weighted by Gasteiger charge is 2.22. The highest BCUT2D eigenvalue weighted by Crippen LogP contribution is 2.18. The lowest BCUT2D eigenvalue weighted by Gasteiger charge is -2.21. The van der Waals surface area contributed by atoms with Gasteiger partial charge in [-0.25, -0.2) is 0 Å². The Balaban J connectivity index is 3.47. The fourth-order valence-corrected chi connectivity index (χ4v) is 9.49. The van der Waals surface area contributed by atoms with E-state index in [1.807, 2.05) is 6.08 Å². The molecule has 0 aliphatic carbocycles. The molecule has 5 nitrogen and oxygen atoms in total. The Labute approximate surface area is 419 Å². The van der Waals surface area contributed by atoms with Crippen molar-refractivity contribution in [3.63, 3.8) is 0 Å². The molecule has 0 bridgehead atoms. The molecule has 3 unspecified atom stereocenters. The number of aliphatic hydroxyl groups is 3. The van der Waals surface area contributed by atoms with Crippen molar-refractivity contribution in [2.45, 2.75) is 347 Å². The summed E-state index contributed by atoms with van der Waals surface area (Å²) >= 11 is 0. The van der Waals surface area contributed by atoms with Gasteiger partial charge in [-0.2, -0.15) is 0 Å². The molecule has 0 spiro atoms. The highest BCUT2D eigenvalue weighted by atomic mass is 16.3. The SMILES string of the molecule is CCCCCCCCCCC/C=C/CC/C=C/C(O)C(CO)NC(=O)C(O)CCCCCCCCCCCCCCCCCC/C=C\CCCCCCCCCCCCCCCCCCCC. The highest BCUT2D eigenvalue weighted by molar-refractivity contribution is 5.80. The summed E-state index contributed by atoms with van der Waals surface area (Å²) in [5.41, 5.74) is 0. The van der Waals surface area contributed by atoms with Gasteiger partial charge in [0, 0.05) is 0 Å². The molecule has 4 N–H and O–H groups in total. The van der Waals surface area contributed by atoms with Crippen LogP contribution in [-0.2, 0) is 4.79 Å². The summed E-state index contributed by atoms with van der Waals surface area (Å²) < 4.78 is 0. The van der Waals surface area contributed by atoms with Crippen LogP contribution in [0.4, 0.5) is 0 Å². The lowest BCUT2D eigenvalue weighted by molar-refractivity contribution is -0.131. The topological polar surface area (TPSA) is 89.8 Å². The standard InChI is InChI=1S/C62H119NO4/c1-3-5-7-9-11-13-15-17-19-20-21-22-23-24-25-26-27-28-29-30-31-32-33-34-35-36-37-38-39-40-41-43-45-47-49-51-53-55-57-61(66)62(67)63-59(58-64)60(65)56-54-52-50-48-46-44-42-18-16-14-12-10-8-6-4-2/h30-31,46,48,54,56,59-61,64-66H,3-29,32-45,47,49-53,55,57-58H2,1-2H3,(H,63,67)/b31-30-,48-46+,56-54+. The van der Waals surface area contributed by atoms with Crippen LogP contribution in [0.25, 0.3) is 0 Å². The number of hydrogen-bond acceptors (Lipinski definition) is 4. The molecule has 0 saturated carbocycles. The van der Waals surface area contributed by atoms with Gasteiger partial charge in [-0.05, 0) is 57.8 Å². The van der Waals surface area contributed by atoms with Crippen molar-refractivity contribution in [1.29, 1.82) is 0 Å². The first-order valence-corrected chi connectivity index (χ1v) is 30.3. The maximum atomic E-state index is 12.5. The van der Waals surface area contributed by atoms with Crippen molar-refractivity contribution in [2.24, 2.45) is 0 Å². The minimum atomic E-state index is -1.11. The minimum Gasteiger partial charge on any atom is -0.394 e. The van der Waals surface area contributed by atoms with Crippen LogP contribution in [0.15, 0.2) is 36.5 Å². The third kappa shape index (κ3) is 52.2. The lowest BCUT2D eigenvalue weighted by atomic mass is 10.0. The molecule has 3 atom stereocenters. The zero-order valence-electron chi connectivity index (χ0n) is 45.3. The average Bonchev–Trinajstić information content (AvgIpc) is 3.33. The Bertz CT molecular complexity index is 1040. The quantitative estimate of drug-likeness (QED) is 0.0361. The van der Waals surface area contributed by atoms with Gasteiger partial charge in [0.15, 0.2) is 0 Å². The molecule has 0 aliphatic rings. The van der Waals surface area contributed by atoms with E-state index in [2.05, 4.69) is 43.5 Å². The van der Waals surface area contributed by atoms with Gasteiger partial charge in [-0.15, -0.1) is 0 Å². The first-order chi connectivity index (χ1) is 33.1. The van der Waals surface area contributed by atoms with Crippen LogP contribution in [0.5, 0.6) is 0 Å². The molecule has 0 fully saturated rings. The Morgan fingerprint density at radius 1 is 0.358 bits per heavy atom. The van der Waals surface area contributed by atoms with Crippen LogP contribution in [0.1, 0.15) is 328 Å². The van der Waals surface area contributed by atoms with Crippen molar-refractivity contribution < 1.29 is 20.1 Å². The summed E-state index contributed by atoms with van der Waals surface area (Å²) in [6.07, 6.45) is 75.5. The number of unbranched alkanes of at least 4 members (excludes halogenated alkanes) is 44. The number of carbonyl (C=O) groups excluding carboxylic acids is 1. The van der Waals surface area contributed by atoms with E-state index in [-0.39, 0.29) is 6.61 Å². The third-order valence-electron chi connectivity index (χ3n) is 14.2. The Hall–Kier alpha value is -1.43. The van der Waals surface area contributed by atoms with Crippen molar-refractivity contribution in [1.82, 2.24) is 5.32 Å². The number of carbonyl (C=O) groups is 1. The fraction of sp³-hybridized carbons (Fsp3) is 0.887. The summed E-state index contributed by atoms with van der Waals surface area (Å²) in [5, 5.41) is 33.3. The molecule has 0 aromatic rings. The average molecular weight is 943 g/mol. The molecule has 0 aromatic heterocycles. The molecule has 0 saturated heterocycles.